The molecule has 0 radical (unpaired) electrons. The maximum Gasteiger partial charge on any atom is 0.278 e. The second-order valence-electron chi connectivity index (χ2n) is 3.98. The summed E-state index contributed by atoms with van der Waals surface area (Å²) in [6.45, 7) is 0. The maximum atomic E-state index is 12.1. The lowest BCUT2D eigenvalue weighted by Crippen LogP contribution is -2.18. The van der Waals surface area contributed by atoms with E-state index < -0.39 is 10.0 Å². The molecule has 21 heavy (non-hydrogen) atoms. The Balaban J connectivity index is 2.18. The molecule has 0 aliphatic rings. The molecule has 0 unspecified atom stereocenters. The van der Waals surface area contributed by atoms with Crippen LogP contribution >= 0.6 is 39.1 Å². The van der Waals surface area contributed by atoms with E-state index >= 15 is 0 Å². The topological polar surface area (TPSA) is 58.5 Å². The molecule has 0 bridgehead atoms. The average molecular weight is 408 g/mol. The standard InChI is InChI=1S/C13H9BrCl2N2O2S/c14-10-3-1-9(2-4-10)8-17-18-21(19,20)13-7-11(15)5-6-12(13)16/h1-8,18H/b17-8-. The summed E-state index contributed by atoms with van der Waals surface area (Å²) < 4.78 is 25.1. The summed E-state index contributed by atoms with van der Waals surface area (Å²) in [7, 11) is -3.87. The van der Waals surface area contributed by atoms with Gasteiger partial charge in [0.25, 0.3) is 10.0 Å². The van der Waals surface area contributed by atoms with Crippen molar-refractivity contribution in [2.75, 3.05) is 0 Å². The number of benzene rings is 2. The van der Waals surface area contributed by atoms with Gasteiger partial charge in [0.1, 0.15) is 4.90 Å². The Labute approximate surface area is 141 Å². The lowest BCUT2D eigenvalue weighted by atomic mass is 10.2. The van der Waals surface area contributed by atoms with Crippen molar-refractivity contribution in [2.24, 2.45) is 5.10 Å². The van der Waals surface area contributed by atoms with Crippen molar-refractivity contribution >= 4 is 55.4 Å². The molecule has 110 valence electrons. The van der Waals surface area contributed by atoms with Crippen LogP contribution in [0.4, 0.5) is 0 Å². The number of rotatable bonds is 4. The van der Waals surface area contributed by atoms with Gasteiger partial charge in [0, 0.05) is 9.50 Å². The summed E-state index contributed by atoms with van der Waals surface area (Å²) >= 11 is 14.9. The fourth-order valence-corrected chi connectivity index (χ4v) is 3.27. The van der Waals surface area contributed by atoms with Crippen molar-refractivity contribution < 1.29 is 8.42 Å². The summed E-state index contributed by atoms with van der Waals surface area (Å²) in [6.07, 6.45) is 1.39. The molecule has 2 rings (SSSR count). The SMILES string of the molecule is O=S(=O)(N/N=C\c1ccc(Br)cc1)c1cc(Cl)ccc1Cl. The second kappa shape index (κ2) is 6.79. The summed E-state index contributed by atoms with van der Waals surface area (Å²) in [5.74, 6) is 0. The van der Waals surface area contributed by atoms with E-state index in [4.69, 9.17) is 23.2 Å². The van der Waals surface area contributed by atoms with Crippen LogP contribution in [-0.4, -0.2) is 14.6 Å². The average Bonchev–Trinajstić information content (AvgIpc) is 2.43. The van der Waals surface area contributed by atoms with E-state index in [0.29, 0.717) is 0 Å². The van der Waals surface area contributed by atoms with Gasteiger partial charge in [0.2, 0.25) is 0 Å². The number of sulfonamides is 1. The van der Waals surface area contributed by atoms with Gasteiger partial charge in [-0.2, -0.15) is 13.5 Å². The van der Waals surface area contributed by atoms with Crippen LogP contribution in [-0.2, 0) is 10.0 Å². The van der Waals surface area contributed by atoms with Gasteiger partial charge in [-0.15, -0.1) is 0 Å². The van der Waals surface area contributed by atoms with Gasteiger partial charge in [0.15, 0.2) is 0 Å². The second-order valence-corrected chi connectivity index (χ2v) is 7.37. The molecule has 0 aliphatic carbocycles. The summed E-state index contributed by atoms with van der Waals surface area (Å²) in [5.41, 5.74) is 0.748. The van der Waals surface area contributed by atoms with Crippen LogP contribution in [0.15, 0.2) is 56.9 Å². The van der Waals surface area contributed by atoms with Gasteiger partial charge in [-0.3, -0.25) is 0 Å². The zero-order chi connectivity index (χ0) is 15.5. The third-order valence-electron chi connectivity index (χ3n) is 2.44. The third-order valence-corrected chi connectivity index (χ3v) is 4.91. The first-order valence-corrected chi connectivity index (χ1v) is 8.67. The number of halogens is 3. The van der Waals surface area contributed by atoms with Crippen molar-refractivity contribution in [1.29, 1.82) is 0 Å². The van der Waals surface area contributed by atoms with E-state index in [-0.39, 0.29) is 14.9 Å². The molecule has 0 saturated carbocycles. The smallest absolute Gasteiger partial charge is 0.200 e. The highest BCUT2D eigenvalue weighted by Crippen LogP contribution is 2.24. The van der Waals surface area contributed by atoms with Crippen LogP contribution < -0.4 is 4.83 Å². The monoisotopic (exact) mass is 406 g/mol. The zero-order valence-electron chi connectivity index (χ0n) is 10.4. The maximum absolute atomic E-state index is 12.1. The minimum Gasteiger partial charge on any atom is -0.200 e. The zero-order valence-corrected chi connectivity index (χ0v) is 14.3. The Bertz CT molecular complexity index is 777. The van der Waals surface area contributed by atoms with Gasteiger partial charge < -0.3 is 0 Å². The highest BCUT2D eigenvalue weighted by atomic mass is 79.9. The Kier molecular flexibility index (Phi) is 5.27. The van der Waals surface area contributed by atoms with Crippen molar-refractivity contribution in [3.05, 3.63) is 62.5 Å². The fraction of sp³-hybridized carbons (Fsp3) is 0. The molecule has 0 amide bonds. The van der Waals surface area contributed by atoms with Crippen molar-refractivity contribution in [2.45, 2.75) is 4.90 Å². The van der Waals surface area contributed by atoms with Crippen molar-refractivity contribution in [3.8, 4) is 0 Å². The van der Waals surface area contributed by atoms with Gasteiger partial charge in [-0.1, -0.05) is 51.3 Å². The van der Waals surface area contributed by atoms with E-state index in [2.05, 4.69) is 25.9 Å². The van der Waals surface area contributed by atoms with Gasteiger partial charge in [-0.05, 0) is 35.9 Å². The molecule has 8 heteroatoms. The van der Waals surface area contributed by atoms with Crippen LogP contribution in [0.1, 0.15) is 5.56 Å². The minimum absolute atomic E-state index is 0.0748. The predicted octanol–water partition coefficient (Wildman–Crippen LogP) is 4.07. The lowest BCUT2D eigenvalue weighted by Gasteiger charge is -2.05. The molecular weight excluding hydrogens is 399 g/mol. The summed E-state index contributed by atoms with van der Waals surface area (Å²) in [4.78, 5) is 1.97. The van der Waals surface area contributed by atoms with Crippen molar-refractivity contribution in [1.82, 2.24) is 4.83 Å². The number of nitrogens with zero attached hydrogens (tertiary/aromatic N) is 1. The normalized spacial score (nSPS) is 11.8. The molecule has 0 saturated heterocycles. The minimum atomic E-state index is -3.87. The lowest BCUT2D eigenvalue weighted by molar-refractivity contribution is 0.585. The number of hydrazone groups is 1. The van der Waals surface area contributed by atoms with Gasteiger partial charge in [0.05, 0.1) is 11.2 Å². The quantitative estimate of drug-likeness (QED) is 0.613. The van der Waals surface area contributed by atoms with Crippen LogP contribution in [0, 0.1) is 0 Å². The van der Waals surface area contributed by atoms with E-state index in [0.717, 1.165) is 10.0 Å². The van der Waals surface area contributed by atoms with Crippen molar-refractivity contribution in [3.63, 3.8) is 0 Å². The van der Waals surface area contributed by atoms with Crippen LogP contribution in [0.3, 0.4) is 0 Å². The van der Waals surface area contributed by atoms with Crippen LogP contribution in [0.5, 0.6) is 0 Å². The molecular formula is C13H9BrCl2N2O2S. The summed E-state index contributed by atoms with van der Waals surface area (Å²) in [5, 5.41) is 4.06. The highest BCUT2D eigenvalue weighted by Gasteiger charge is 2.17. The fourth-order valence-electron chi connectivity index (χ4n) is 1.45. The molecule has 0 spiro atoms. The molecule has 0 aliphatic heterocycles. The molecule has 0 atom stereocenters. The first-order valence-electron chi connectivity index (χ1n) is 5.64. The first kappa shape index (κ1) is 16.3. The van der Waals surface area contributed by atoms with Gasteiger partial charge in [-0.25, -0.2) is 4.83 Å². The third kappa shape index (κ3) is 4.44. The predicted molar refractivity (Wildman–Crippen MR) is 88.5 cm³/mol. The molecule has 1 N–H and O–H groups in total. The Morgan fingerprint density at radius 2 is 1.76 bits per heavy atom. The van der Waals surface area contributed by atoms with Crippen LogP contribution in [0.2, 0.25) is 10.0 Å². The molecule has 0 heterocycles. The summed E-state index contributed by atoms with van der Waals surface area (Å²) in [6, 6.07) is 11.4. The van der Waals surface area contributed by atoms with E-state index in [1.165, 1.54) is 24.4 Å². The Morgan fingerprint density at radius 1 is 1.10 bits per heavy atom. The van der Waals surface area contributed by atoms with Crippen LogP contribution in [0.25, 0.3) is 0 Å². The molecule has 4 nitrogen and oxygen atoms in total. The largest absolute Gasteiger partial charge is 0.278 e. The Morgan fingerprint density at radius 3 is 2.43 bits per heavy atom. The molecule has 0 aromatic heterocycles. The van der Waals surface area contributed by atoms with Gasteiger partial charge >= 0.3 is 0 Å². The number of hydrogen-bond acceptors (Lipinski definition) is 3. The first-order chi connectivity index (χ1) is 9.88. The number of nitrogens with one attached hydrogen (secondary N) is 1. The molecule has 0 fully saturated rings. The Hall–Kier alpha value is -1.08. The van der Waals surface area contributed by atoms with E-state index in [9.17, 15) is 8.42 Å². The molecule has 2 aromatic rings. The highest BCUT2D eigenvalue weighted by molar-refractivity contribution is 9.10. The number of hydrogen-bond donors (Lipinski definition) is 1. The van der Waals surface area contributed by atoms with E-state index in [1.807, 2.05) is 12.1 Å². The van der Waals surface area contributed by atoms with E-state index in [1.54, 1.807) is 12.1 Å². The molecule has 2 aromatic carbocycles.